The first kappa shape index (κ1) is 24.0. The normalized spacial score (nSPS) is 12.8. The second-order valence-electron chi connectivity index (χ2n) is 7.15. The predicted octanol–water partition coefficient (Wildman–Crippen LogP) is 0.838. The molecule has 1 atom stereocenters. The molecule has 0 fully saturated rings. The molecule has 28 heavy (non-hydrogen) atoms. The highest BCUT2D eigenvalue weighted by Crippen LogP contribution is 2.19. The molecule has 0 spiro atoms. The summed E-state index contributed by atoms with van der Waals surface area (Å²) in [5, 5.41) is 0. The van der Waals surface area contributed by atoms with Crippen LogP contribution in [0.15, 0.2) is 38.7 Å². The van der Waals surface area contributed by atoms with Gasteiger partial charge in [0, 0.05) is 33.9 Å². The molecular weight excluding hydrogens is 382 g/mol. The smallest absolute Gasteiger partial charge is 0.377 e. The molecule has 10 heteroatoms. The third-order valence-electron chi connectivity index (χ3n) is 4.27. The van der Waals surface area contributed by atoms with Crippen LogP contribution in [0.2, 0.25) is 6.04 Å². The van der Waals surface area contributed by atoms with E-state index in [-0.39, 0.29) is 25.6 Å². The Hall–Kier alpha value is -2.01. The number of hydrogen-bond acceptors (Lipinski definition) is 6. The quantitative estimate of drug-likeness (QED) is 0.394. The fourth-order valence-electron chi connectivity index (χ4n) is 2.95. The van der Waals surface area contributed by atoms with Gasteiger partial charge in [0.15, 0.2) is 0 Å². The zero-order valence-electron chi connectivity index (χ0n) is 17.6. The first-order valence-electron chi connectivity index (χ1n) is 8.90. The zero-order chi connectivity index (χ0) is 21.6. The van der Waals surface area contributed by atoms with Crippen molar-refractivity contribution in [3.63, 3.8) is 0 Å². The minimum atomic E-state index is -2.88. The van der Waals surface area contributed by atoms with Crippen LogP contribution >= 0.6 is 0 Å². The highest BCUT2D eigenvalue weighted by atomic mass is 28.4. The van der Waals surface area contributed by atoms with E-state index in [1.54, 1.807) is 13.8 Å². The maximum atomic E-state index is 12.9. The molecule has 0 saturated carbocycles. The van der Waals surface area contributed by atoms with E-state index in [1.165, 1.54) is 21.3 Å². The van der Waals surface area contributed by atoms with Crippen molar-refractivity contribution >= 4 is 8.80 Å². The second kappa shape index (κ2) is 9.96. The Balaban J connectivity index is 3.47. The van der Waals surface area contributed by atoms with E-state index in [0.717, 1.165) is 13.7 Å². The Morgan fingerprint density at radius 1 is 0.857 bits per heavy atom. The number of allylic oxidation sites excluding steroid dienone is 2. The summed E-state index contributed by atoms with van der Waals surface area (Å²) in [6.45, 7) is 13.0. The largest absolute Gasteiger partial charge is 0.500 e. The summed E-state index contributed by atoms with van der Waals surface area (Å²) in [5.41, 5.74) is -0.739. The fourth-order valence-corrected chi connectivity index (χ4v) is 4.93. The van der Waals surface area contributed by atoms with Crippen molar-refractivity contribution in [3.8, 4) is 0 Å². The van der Waals surface area contributed by atoms with Crippen LogP contribution in [0.5, 0.6) is 0 Å². The molecule has 0 aromatic carbocycles. The van der Waals surface area contributed by atoms with Crippen LogP contribution in [-0.4, -0.2) is 43.8 Å². The Morgan fingerprint density at radius 2 is 1.21 bits per heavy atom. The van der Waals surface area contributed by atoms with Crippen LogP contribution in [0.25, 0.3) is 0 Å². The minimum absolute atomic E-state index is 0.0371. The first-order chi connectivity index (χ1) is 13.0. The molecule has 0 radical (unpaired) electrons. The maximum Gasteiger partial charge on any atom is 0.500 e. The molecule has 1 rings (SSSR count). The van der Waals surface area contributed by atoms with Gasteiger partial charge in [-0.3, -0.25) is 0 Å². The second-order valence-corrected chi connectivity index (χ2v) is 10.1. The predicted molar refractivity (Wildman–Crippen MR) is 110 cm³/mol. The van der Waals surface area contributed by atoms with Crippen molar-refractivity contribution in [1.29, 1.82) is 0 Å². The number of aromatic nitrogens is 3. The SMILES string of the molecule is C=C(C)Cn1c(=O)n(CC(=C)C)c(=O)n(CC(C)C[Si](OC)(OC)OC)c1=O. The molecule has 0 aliphatic heterocycles. The van der Waals surface area contributed by atoms with Gasteiger partial charge in [-0.25, -0.2) is 28.1 Å². The van der Waals surface area contributed by atoms with Gasteiger partial charge in [0.05, 0.1) is 13.1 Å². The molecule has 0 saturated heterocycles. The van der Waals surface area contributed by atoms with Crippen LogP contribution < -0.4 is 17.1 Å². The fraction of sp³-hybridized carbons (Fsp3) is 0.611. The standard InChI is InChI=1S/C18H31N3O6Si/c1-13(2)9-19-16(22)20(10-14(3)4)18(24)21(17(19)23)11-15(5)12-28(25-6,26-7)27-8/h15H,1,3,9-12H2,2,4-8H3. The molecule has 1 heterocycles. The lowest BCUT2D eigenvalue weighted by Gasteiger charge is -2.27. The van der Waals surface area contributed by atoms with E-state index in [4.69, 9.17) is 13.3 Å². The Labute approximate surface area is 165 Å². The molecule has 0 amide bonds. The van der Waals surface area contributed by atoms with Crippen molar-refractivity contribution in [2.24, 2.45) is 5.92 Å². The summed E-state index contributed by atoms with van der Waals surface area (Å²) >= 11 is 0. The number of rotatable bonds is 11. The molecule has 0 N–H and O–H groups in total. The van der Waals surface area contributed by atoms with E-state index in [9.17, 15) is 14.4 Å². The van der Waals surface area contributed by atoms with Gasteiger partial charge in [-0.15, -0.1) is 0 Å². The Bertz CT molecular complexity index is 832. The molecule has 1 aromatic rings. The van der Waals surface area contributed by atoms with Crippen molar-refractivity contribution in [2.45, 2.75) is 46.4 Å². The van der Waals surface area contributed by atoms with Gasteiger partial charge in [0.2, 0.25) is 0 Å². The van der Waals surface area contributed by atoms with E-state index in [2.05, 4.69) is 13.2 Å². The van der Waals surface area contributed by atoms with E-state index < -0.39 is 25.9 Å². The van der Waals surface area contributed by atoms with Crippen molar-refractivity contribution in [1.82, 2.24) is 13.7 Å². The zero-order valence-corrected chi connectivity index (χ0v) is 18.6. The summed E-state index contributed by atoms with van der Waals surface area (Å²) in [6.07, 6.45) is 0. The molecular formula is C18H31N3O6Si. The van der Waals surface area contributed by atoms with Gasteiger partial charge < -0.3 is 13.3 Å². The number of hydrogen-bond donors (Lipinski definition) is 0. The lowest BCUT2D eigenvalue weighted by molar-refractivity contribution is 0.117. The molecule has 1 aromatic heterocycles. The molecule has 158 valence electrons. The van der Waals surface area contributed by atoms with Crippen LogP contribution in [-0.2, 0) is 32.9 Å². The molecule has 0 aliphatic rings. The summed E-state index contributed by atoms with van der Waals surface area (Å²) in [6, 6.07) is 0.405. The van der Waals surface area contributed by atoms with E-state index in [1.807, 2.05) is 6.92 Å². The summed E-state index contributed by atoms with van der Waals surface area (Å²) in [5.74, 6) is -0.175. The van der Waals surface area contributed by atoms with Crippen LogP contribution in [0, 0.1) is 5.92 Å². The van der Waals surface area contributed by atoms with Crippen LogP contribution in [0.4, 0.5) is 0 Å². The van der Waals surface area contributed by atoms with E-state index >= 15 is 0 Å². The third-order valence-corrected chi connectivity index (χ3v) is 7.33. The lowest BCUT2D eigenvalue weighted by Crippen LogP contribution is -2.55. The topological polar surface area (TPSA) is 93.7 Å². The van der Waals surface area contributed by atoms with Gasteiger partial charge in [0.1, 0.15) is 0 Å². The Kier molecular flexibility index (Phi) is 8.55. The van der Waals surface area contributed by atoms with Gasteiger partial charge >= 0.3 is 25.9 Å². The third kappa shape index (κ3) is 5.50. The van der Waals surface area contributed by atoms with E-state index in [0.29, 0.717) is 17.2 Å². The minimum Gasteiger partial charge on any atom is -0.377 e. The van der Waals surface area contributed by atoms with Crippen LogP contribution in [0.3, 0.4) is 0 Å². The molecule has 0 bridgehead atoms. The van der Waals surface area contributed by atoms with Gasteiger partial charge in [0.25, 0.3) is 0 Å². The van der Waals surface area contributed by atoms with Gasteiger partial charge in [-0.05, 0) is 19.8 Å². The summed E-state index contributed by atoms with van der Waals surface area (Å²) in [4.78, 5) is 38.4. The van der Waals surface area contributed by atoms with Crippen LogP contribution in [0.1, 0.15) is 20.8 Å². The van der Waals surface area contributed by atoms with Crippen molar-refractivity contribution in [2.75, 3.05) is 21.3 Å². The first-order valence-corrected chi connectivity index (χ1v) is 10.8. The number of nitrogens with zero attached hydrogens (tertiary/aromatic N) is 3. The monoisotopic (exact) mass is 413 g/mol. The molecule has 0 aliphatic carbocycles. The maximum absolute atomic E-state index is 12.9. The van der Waals surface area contributed by atoms with Crippen molar-refractivity contribution in [3.05, 3.63) is 55.8 Å². The summed E-state index contributed by atoms with van der Waals surface area (Å²) < 4.78 is 19.4. The average molecular weight is 414 g/mol. The highest BCUT2D eigenvalue weighted by Gasteiger charge is 2.39. The highest BCUT2D eigenvalue weighted by molar-refractivity contribution is 6.60. The van der Waals surface area contributed by atoms with Gasteiger partial charge in [-0.2, -0.15) is 0 Å². The molecule has 1 unspecified atom stereocenters. The lowest BCUT2D eigenvalue weighted by atomic mass is 10.2. The van der Waals surface area contributed by atoms with Gasteiger partial charge in [-0.1, -0.05) is 31.2 Å². The average Bonchev–Trinajstić information content (AvgIpc) is 2.63. The summed E-state index contributed by atoms with van der Waals surface area (Å²) in [7, 11) is 1.63. The Morgan fingerprint density at radius 3 is 1.54 bits per heavy atom. The molecule has 9 nitrogen and oxygen atoms in total. The van der Waals surface area contributed by atoms with Crippen molar-refractivity contribution < 1.29 is 13.3 Å².